The van der Waals surface area contributed by atoms with Crippen LogP contribution in [0.4, 0.5) is 4.39 Å². The molecule has 0 bridgehead atoms. The van der Waals surface area contributed by atoms with Gasteiger partial charge in [-0.05, 0) is 51.9 Å². The third-order valence-electron chi connectivity index (χ3n) is 4.86. The summed E-state index contributed by atoms with van der Waals surface area (Å²) >= 11 is 5.69. The highest BCUT2D eigenvalue weighted by atomic mass is 35.5. The summed E-state index contributed by atoms with van der Waals surface area (Å²) in [5.74, 6) is 0.659. The summed E-state index contributed by atoms with van der Waals surface area (Å²) in [6.45, 7) is 6.39. The molecule has 2 heterocycles. The standard InChI is InChI=1S/C17H23ClFNO3S/c1-16(2,23-13-3-4-14(18)15(19)9-13)10-20-7-5-17(6-8-20)11-24(21,22)12-17/h3-4,9H,5-8,10-12H2,1-2H3. The van der Waals surface area contributed by atoms with Crippen molar-refractivity contribution in [2.75, 3.05) is 31.1 Å². The number of hydrogen-bond donors (Lipinski definition) is 0. The van der Waals surface area contributed by atoms with Gasteiger partial charge in [0.1, 0.15) is 17.2 Å². The fourth-order valence-corrected chi connectivity index (χ4v) is 6.27. The maximum absolute atomic E-state index is 13.5. The van der Waals surface area contributed by atoms with Crippen LogP contribution in [-0.4, -0.2) is 50.1 Å². The number of hydrogen-bond acceptors (Lipinski definition) is 4. The zero-order valence-corrected chi connectivity index (χ0v) is 15.6. The van der Waals surface area contributed by atoms with Crippen LogP contribution in [0.5, 0.6) is 5.75 Å². The molecule has 2 saturated heterocycles. The Kier molecular flexibility index (Phi) is 4.60. The van der Waals surface area contributed by atoms with Gasteiger partial charge in [0.25, 0.3) is 0 Å². The Bertz CT molecular complexity index is 713. The molecule has 1 aromatic carbocycles. The van der Waals surface area contributed by atoms with Gasteiger partial charge in [-0.1, -0.05) is 11.6 Å². The van der Waals surface area contributed by atoms with Crippen LogP contribution >= 0.6 is 11.6 Å². The van der Waals surface area contributed by atoms with Gasteiger partial charge in [0.05, 0.1) is 16.5 Å². The second-order valence-corrected chi connectivity index (χ2v) is 10.2. The number of halogens is 2. The van der Waals surface area contributed by atoms with Crippen LogP contribution in [-0.2, 0) is 9.84 Å². The highest BCUT2D eigenvalue weighted by Gasteiger charge is 2.49. The van der Waals surface area contributed by atoms with E-state index < -0.39 is 21.3 Å². The predicted molar refractivity (Wildman–Crippen MR) is 92.9 cm³/mol. The van der Waals surface area contributed by atoms with Crippen molar-refractivity contribution in [3.8, 4) is 5.75 Å². The highest BCUT2D eigenvalue weighted by molar-refractivity contribution is 7.92. The van der Waals surface area contributed by atoms with Gasteiger partial charge < -0.3 is 4.74 Å². The van der Waals surface area contributed by atoms with Gasteiger partial charge in [0, 0.05) is 18.0 Å². The predicted octanol–water partition coefficient (Wildman–Crippen LogP) is 3.15. The molecule has 0 atom stereocenters. The van der Waals surface area contributed by atoms with Crippen molar-refractivity contribution in [2.24, 2.45) is 5.41 Å². The van der Waals surface area contributed by atoms with E-state index in [1.54, 1.807) is 6.07 Å². The summed E-state index contributed by atoms with van der Waals surface area (Å²) in [7, 11) is -2.78. The minimum Gasteiger partial charge on any atom is -0.486 e. The zero-order chi connectivity index (χ0) is 17.6. The van der Waals surface area contributed by atoms with E-state index in [1.165, 1.54) is 12.1 Å². The summed E-state index contributed by atoms with van der Waals surface area (Å²) in [5, 5.41) is 0.0805. The van der Waals surface area contributed by atoms with Crippen LogP contribution in [0.2, 0.25) is 5.02 Å². The molecule has 1 aromatic rings. The van der Waals surface area contributed by atoms with Gasteiger partial charge in [-0.15, -0.1) is 0 Å². The minimum absolute atomic E-state index is 0.0135. The van der Waals surface area contributed by atoms with E-state index in [0.717, 1.165) is 25.9 Å². The normalized spacial score (nSPS) is 23.0. The molecule has 24 heavy (non-hydrogen) atoms. The molecule has 1 spiro atoms. The maximum atomic E-state index is 13.5. The Labute approximate surface area is 147 Å². The Balaban J connectivity index is 1.54. The zero-order valence-electron chi connectivity index (χ0n) is 14.0. The van der Waals surface area contributed by atoms with E-state index in [9.17, 15) is 12.8 Å². The molecule has 2 fully saturated rings. The molecule has 7 heteroatoms. The van der Waals surface area contributed by atoms with E-state index in [-0.39, 0.29) is 10.4 Å². The molecular weight excluding hydrogens is 353 g/mol. The molecule has 2 aliphatic rings. The molecule has 134 valence electrons. The van der Waals surface area contributed by atoms with Crippen molar-refractivity contribution in [1.29, 1.82) is 0 Å². The van der Waals surface area contributed by atoms with Crippen molar-refractivity contribution in [3.05, 3.63) is 29.0 Å². The molecule has 0 saturated carbocycles. The Morgan fingerprint density at radius 3 is 2.46 bits per heavy atom. The van der Waals surface area contributed by atoms with Gasteiger partial charge in [-0.25, -0.2) is 12.8 Å². The maximum Gasteiger partial charge on any atom is 0.151 e. The lowest BCUT2D eigenvalue weighted by atomic mass is 9.81. The molecule has 0 radical (unpaired) electrons. The average molecular weight is 376 g/mol. The smallest absolute Gasteiger partial charge is 0.151 e. The number of likely N-dealkylation sites (tertiary alicyclic amines) is 1. The molecular formula is C17H23ClFNO3S. The topological polar surface area (TPSA) is 46.6 Å². The second-order valence-electron chi connectivity index (χ2n) is 7.75. The quantitative estimate of drug-likeness (QED) is 0.811. The lowest BCUT2D eigenvalue weighted by Crippen LogP contribution is -2.56. The first-order valence-corrected chi connectivity index (χ1v) is 10.4. The average Bonchev–Trinajstić information content (AvgIpc) is 2.43. The number of nitrogens with zero attached hydrogens (tertiary/aromatic N) is 1. The van der Waals surface area contributed by atoms with E-state index in [4.69, 9.17) is 16.3 Å². The Hall–Kier alpha value is -0.850. The summed E-state index contributed by atoms with van der Waals surface area (Å²) in [6.07, 6.45) is 1.83. The molecule has 2 aliphatic heterocycles. The van der Waals surface area contributed by atoms with Gasteiger partial charge >= 0.3 is 0 Å². The second kappa shape index (κ2) is 6.15. The van der Waals surface area contributed by atoms with E-state index in [1.807, 2.05) is 13.8 Å². The molecule has 4 nitrogen and oxygen atoms in total. The van der Waals surface area contributed by atoms with Crippen molar-refractivity contribution >= 4 is 21.4 Å². The van der Waals surface area contributed by atoms with Gasteiger partial charge in [0.15, 0.2) is 9.84 Å². The van der Waals surface area contributed by atoms with Crippen molar-refractivity contribution < 1.29 is 17.5 Å². The van der Waals surface area contributed by atoms with E-state index in [0.29, 0.717) is 23.8 Å². The van der Waals surface area contributed by atoms with Crippen LogP contribution in [0.25, 0.3) is 0 Å². The third-order valence-corrected chi connectivity index (χ3v) is 7.27. The van der Waals surface area contributed by atoms with Crippen LogP contribution in [0, 0.1) is 11.2 Å². The van der Waals surface area contributed by atoms with Crippen LogP contribution < -0.4 is 4.74 Å². The van der Waals surface area contributed by atoms with Gasteiger partial charge in [0.2, 0.25) is 0 Å². The van der Waals surface area contributed by atoms with Gasteiger partial charge in [-0.3, -0.25) is 4.90 Å². The summed E-state index contributed by atoms with van der Waals surface area (Å²) in [4.78, 5) is 2.29. The number of benzene rings is 1. The fraction of sp³-hybridized carbons (Fsp3) is 0.647. The van der Waals surface area contributed by atoms with Crippen molar-refractivity contribution in [3.63, 3.8) is 0 Å². The highest BCUT2D eigenvalue weighted by Crippen LogP contribution is 2.42. The van der Waals surface area contributed by atoms with Crippen LogP contribution in [0.3, 0.4) is 0 Å². The minimum atomic E-state index is -2.78. The third kappa shape index (κ3) is 4.03. The number of rotatable bonds is 4. The fourth-order valence-electron chi connectivity index (χ4n) is 3.80. The molecule has 0 unspecified atom stereocenters. The first kappa shape index (κ1) is 18.0. The molecule has 0 amide bonds. The Morgan fingerprint density at radius 2 is 1.92 bits per heavy atom. The van der Waals surface area contributed by atoms with E-state index in [2.05, 4.69) is 4.90 Å². The molecule has 3 rings (SSSR count). The van der Waals surface area contributed by atoms with Crippen molar-refractivity contribution in [2.45, 2.75) is 32.3 Å². The van der Waals surface area contributed by atoms with E-state index >= 15 is 0 Å². The first-order chi connectivity index (χ1) is 11.1. The summed E-state index contributed by atoms with van der Waals surface area (Å²) in [6, 6.07) is 4.45. The van der Waals surface area contributed by atoms with Crippen LogP contribution in [0.15, 0.2) is 18.2 Å². The van der Waals surface area contributed by atoms with Crippen LogP contribution in [0.1, 0.15) is 26.7 Å². The largest absolute Gasteiger partial charge is 0.486 e. The lowest BCUT2D eigenvalue weighted by Gasteiger charge is -2.48. The summed E-state index contributed by atoms with van der Waals surface area (Å²) in [5.41, 5.74) is -0.462. The Morgan fingerprint density at radius 1 is 1.29 bits per heavy atom. The van der Waals surface area contributed by atoms with Gasteiger partial charge in [-0.2, -0.15) is 0 Å². The number of ether oxygens (including phenoxy) is 1. The van der Waals surface area contributed by atoms with Crippen molar-refractivity contribution in [1.82, 2.24) is 4.90 Å². The molecule has 0 N–H and O–H groups in total. The lowest BCUT2D eigenvalue weighted by molar-refractivity contribution is 0.0320. The molecule has 0 aromatic heterocycles. The number of piperidine rings is 1. The molecule has 0 aliphatic carbocycles. The monoisotopic (exact) mass is 375 g/mol. The SMILES string of the molecule is CC(C)(CN1CCC2(CC1)CS(=O)(=O)C2)Oc1ccc(Cl)c(F)c1. The summed E-state index contributed by atoms with van der Waals surface area (Å²) < 4.78 is 42.4. The number of sulfone groups is 1. The first-order valence-electron chi connectivity index (χ1n) is 8.15.